The molecule has 1 aliphatic heterocycles. The minimum atomic E-state index is 0.101. The fourth-order valence-corrected chi connectivity index (χ4v) is 1.79. The van der Waals surface area contributed by atoms with Crippen LogP contribution in [0.3, 0.4) is 0 Å². The average Bonchev–Trinajstić information content (AvgIpc) is 2.31. The van der Waals surface area contributed by atoms with E-state index in [1.54, 1.807) is 0 Å². The van der Waals surface area contributed by atoms with Gasteiger partial charge in [0.15, 0.2) is 0 Å². The van der Waals surface area contributed by atoms with E-state index in [2.05, 4.69) is 15.5 Å². The Morgan fingerprint density at radius 2 is 2.06 bits per heavy atom. The quantitative estimate of drug-likeness (QED) is 0.499. The zero-order valence-corrected chi connectivity index (χ0v) is 9.87. The highest BCUT2D eigenvalue weighted by Crippen LogP contribution is 1.97. The highest BCUT2D eigenvalue weighted by Gasteiger charge is 2.09. The fraction of sp³-hybridized carbons (Fsp3) is 0.909. The molecule has 3 N–H and O–H groups in total. The normalized spacial score (nSPS) is 17.3. The third-order valence-electron chi connectivity index (χ3n) is 2.74. The molecule has 0 aromatic carbocycles. The molecule has 1 heterocycles. The van der Waals surface area contributed by atoms with Crippen molar-refractivity contribution in [3.8, 4) is 0 Å². The number of aliphatic hydroxyl groups is 1. The van der Waals surface area contributed by atoms with Crippen LogP contribution < -0.4 is 10.6 Å². The molecule has 0 aliphatic carbocycles. The Morgan fingerprint density at radius 3 is 2.75 bits per heavy atom. The van der Waals surface area contributed by atoms with Gasteiger partial charge in [-0.15, -0.1) is 0 Å². The first-order chi connectivity index (χ1) is 7.83. The Morgan fingerprint density at radius 1 is 1.31 bits per heavy atom. The maximum Gasteiger partial charge on any atom is 0.220 e. The molecule has 0 saturated carbocycles. The monoisotopic (exact) mass is 229 g/mol. The van der Waals surface area contributed by atoms with Crippen LogP contribution in [0.5, 0.6) is 0 Å². The summed E-state index contributed by atoms with van der Waals surface area (Å²) in [6.07, 6.45) is 2.16. The van der Waals surface area contributed by atoms with Crippen molar-refractivity contribution in [2.24, 2.45) is 0 Å². The molecule has 1 saturated heterocycles. The molecule has 94 valence electrons. The number of carbonyl (C=O) groups excluding carboxylic acids is 1. The Balaban J connectivity index is 1.94. The van der Waals surface area contributed by atoms with Crippen molar-refractivity contribution < 1.29 is 9.90 Å². The Bertz CT molecular complexity index is 194. The molecule has 0 aromatic heterocycles. The number of nitrogens with zero attached hydrogens (tertiary/aromatic N) is 1. The molecule has 1 rings (SSSR count). The van der Waals surface area contributed by atoms with Crippen molar-refractivity contribution >= 4 is 5.91 Å². The van der Waals surface area contributed by atoms with Crippen molar-refractivity contribution in [1.82, 2.24) is 15.5 Å². The van der Waals surface area contributed by atoms with Crippen LogP contribution in [0.1, 0.15) is 19.3 Å². The lowest BCUT2D eigenvalue weighted by Crippen LogP contribution is -2.43. The van der Waals surface area contributed by atoms with Crippen molar-refractivity contribution in [1.29, 1.82) is 0 Å². The van der Waals surface area contributed by atoms with Gasteiger partial charge in [0.25, 0.3) is 0 Å². The number of amides is 1. The van der Waals surface area contributed by atoms with E-state index in [1.807, 2.05) is 0 Å². The van der Waals surface area contributed by atoms with Gasteiger partial charge in [0, 0.05) is 45.8 Å². The van der Waals surface area contributed by atoms with E-state index < -0.39 is 0 Å². The molecule has 0 unspecified atom stereocenters. The molecule has 0 bridgehead atoms. The zero-order chi connectivity index (χ0) is 11.6. The van der Waals surface area contributed by atoms with Gasteiger partial charge < -0.3 is 20.6 Å². The summed E-state index contributed by atoms with van der Waals surface area (Å²) in [5.41, 5.74) is 0. The summed E-state index contributed by atoms with van der Waals surface area (Å²) in [5, 5.41) is 14.7. The molecular formula is C11H23N3O2. The van der Waals surface area contributed by atoms with Gasteiger partial charge in [-0.3, -0.25) is 4.79 Å². The van der Waals surface area contributed by atoms with Gasteiger partial charge in [-0.2, -0.15) is 0 Å². The summed E-state index contributed by atoms with van der Waals surface area (Å²) in [6.45, 7) is 6.03. The van der Waals surface area contributed by atoms with Gasteiger partial charge in [0.05, 0.1) is 0 Å². The summed E-state index contributed by atoms with van der Waals surface area (Å²) < 4.78 is 0. The van der Waals surface area contributed by atoms with Crippen molar-refractivity contribution in [3.63, 3.8) is 0 Å². The molecule has 0 atom stereocenters. The third kappa shape index (κ3) is 6.05. The molecule has 1 amide bonds. The van der Waals surface area contributed by atoms with Crippen LogP contribution in [0, 0.1) is 0 Å². The predicted molar refractivity (Wildman–Crippen MR) is 63.3 cm³/mol. The van der Waals surface area contributed by atoms with Crippen LogP contribution in [0.4, 0.5) is 0 Å². The summed E-state index contributed by atoms with van der Waals surface area (Å²) in [7, 11) is 0. The first kappa shape index (κ1) is 13.4. The van der Waals surface area contributed by atoms with Gasteiger partial charge in [-0.25, -0.2) is 0 Å². The van der Waals surface area contributed by atoms with Crippen LogP contribution in [0.25, 0.3) is 0 Å². The second-order valence-corrected chi connectivity index (χ2v) is 4.12. The third-order valence-corrected chi connectivity index (χ3v) is 2.74. The summed E-state index contributed by atoms with van der Waals surface area (Å²) in [6, 6.07) is 0. The van der Waals surface area contributed by atoms with E-state index >= 15 is 0 Å². The number of hydrogen-bond donors (Lipinski definition) is 3. The molecule has 1 aliphatic rings. The van der Waals surface area contributed by atoms with E-state index in [0.29, 0.717) is 19.4 Å². The van der Waals surface area contributed by atoms with Gasteiger partial charge in [-0.1, -0.05) is 0 Å². The summed E-state index contributed by atoms with van der Waals surface area (Å²) in [4.78, 5) is 13.7. The smallest absolute Gasteiger partial charge is 0.220 e. The molecular weight excluding hydrogens is 206 g/mol. The lowest BCUT2D eigenvalue weighted by Gasteiger charge is -2.26. The fourth-order valence-electron chi connectivity index (χ4n) is 1.79. The standard InChI is InChI=1S/C11H23N3O2/c15-10-2-4-13-11(16)3-1-7-14-8-5-12-6-9-14/h12,15H,1-10H2,(H,13,16). The van der Waals surface area contributed by atoms with E-state index in [0.717, 1.165) is 39.1 Å². The highest BCUT2D eigenvalue weighted by molar-refractivity contribution is 5.75. The second kappa shape index (κ2) is 8.50. The minimum absolute atomic E-state index is 0.101. The molecule has 0 aromatic rings. The molecule has 1 fully saturated rings. The van der Waals surface area contributed by atoms with E-state index in [9.17, 15) is 4.79 Å². The van der Waals surface area contributed by atoms with Gasteiger partial charge in [0.2, 0.25) is 5.91 Å². The number of nitrogens with one attached hydrogen (secondary N) is 2. The second-order valence-electron chi connectivity index (χ2n) is 4.12. The lowest BCUT2D eigenvalue weighted by atomic mass is 10.2. The number of rotatable bonds is 7. The number of carbonyl (C=O) groups is 1. The number of hydrogen-bond acceptors (Lipinski definition) is 4. The Hall–Kier alpha value is -0.650. The first-order valence-electron chi connectivity index (χ1n) is 6.13. The summed E-state index contributed by atoms with van der Waals surface area (Å²) in [5.74, 6) is 0.101. The minimum Gasteiger partial charge on any atom is -0.396 e. The molecule has 0 radical (unpaired) electrons. The van der Waals surface area contributed by atoms with Crippen molar-refractivity contribution in [2.45, 2.75) is 19.3 Å². The highest BCUT2D eigenvalue weighted by atomic mass is 16.3. The largest absolute Gasteiger partial charge is 0.396 e. The van der Waals surface area contributed by atoms with Gasteiger partial charge in [0.1, 0.15) is 0 Å². The molecule has 16 heavy (non-hydrogen) atoms. The first-order valence-corrected chi connectivity index (χ1v) is 6.13. The van der Waals surface area contributed by atoms with Crippen molar-refractivity contribution in [3.05, 3.63) is 0 Å². The predicted octanol–water partition coefficient (Wildman–Crippen LogP) is -0.830. The van der Waals surface area contributed by atoms with Crippen LogP contribution in [-0.2, 0) is 4.79 Å². The van der Waals surface area contributed by atoms with Gasteiger partial charge in [-0.05, 0) is 19.4 Å². The summed E-state index contributed by atoms with van der Waals surface area (Å²) >= 11 is 0. The topological polar surface area (TPSA) is 64.6 Å². The zero-order valence-electron chi connectivity index (χ0n) is 9.87. The Labute approximate surface area is 97.2 Å². The van der Waals surface area contributed by atoms with Crippen LogP contribution >= 0.6 is 0 Å². The van der Waals surface area contributed by atoms with E-state index in [-0.39, 0.29) is 12.5 Å². The van der Waals surface area contributed by atoms with Gasteiger partial charge >= 0.3 is 0 Å². The SMILES string of the molecule is O=C(CCCN1CCNCC1)NCCCO. The molecule has 5 nitrogen and oxygen atoms in total. The van der Waals surface area contributed by atoms with Crippen LogP contribution in [0.15, 0.2) is 0 Å². The van der Waals surface area contributed by atoms with E-state index in [4.69, 9.17) is 5.11 Å². The van der Waals surface area contributed by atoms with E-state index in [1.165, 1.54) is 0 Å². The lowest BCUT2D eigenvalue weighted by molar-refractivity contribution is -0.121. The van der Waals surface area contributed by atoms with Crippen molar-refractivity contribution in [2.75, 3.05) is 45.9 Å². The van der Waals surface area contributed by atoms with Crippen LogP contribution in [0.2, 0.25) is 0 Å². The number of piperazine rings is 1. The Kier molecular flexibility index (Phi) is 7.12. The average molecular weight is 229 g/mol. The molecule has 0 spiro atoms. The van der Waals surface area contributed by atoms with Crippen LogP contribution in [-0.4, -0.2) is 61.8 Å². The number of aliphatic hydroxyl groups excluding tert-OH is 1. The maximum absolute atomic E-state index is 11.3. The maximum atomic E-state index is 11.3. The molecule has 5 heteroatoms.